The maximum atomic E-state index is 4.21. The van der Waals surface area contributed by atoms with Crippen LogP contribution in [-0.4, -0.2) is 22.4 Å². The second-order valence-corrected chi connectivity index (χ2v) is 5.10. The summed E-state index contributed by atoms with van der Waals surface area (Å²) in [7, 11) is 1.98. The number of hydrogen-bond acceptors (Lipinski definition) is 2. The monoisotopic (exact) mass is 221 g/mol. The smallest absolute Gasteiger partial charge is 0.0521 e. The van der Waals surface area contributed by atoms with Crippen molar-refractivity contribution in [3.63, 3.8) is 0 Å². The maximum absolute atomic E-state index is 4.21. The van der Waals surface area contributed by atoms with Crippen LogP contribution in [0.25, 0.3) is 0 Å². The van der Waals surface area contributed by atoms with Gasteiger partial charge in [-0.05, 0) is 43.2 Å². The lowest BCUT2D eigenvalue weighted by atomic mass is 10.0. The molecule has 1 N–H and O–H groups in total. The lowest BCUT2D eigenvalue weighted by Gasteiger charge is -2.17. The molecule has 0 radical (unpaired) electrons. The molecule has 1 aromatic heterocycles. The summed E-state index contributed by atoms with van der Waals surface area (Å²) >= 11 is 0. The van der Waals surface area contributed by atoms with Gasteiger partial charge in [-0.15, -0.1) is 0 Å². The van der Waals surface area contributed by atoms with Crippen molar-refractivity contribution in [2.24, 2.45) is 18.9 Å². The van der Waals surface area contributed by atoms with Crippen molar-refractivity contribution >= 4 is 0 Å². The van der Waals surface area contributed by atoms with Gasteiger partial charge in [0.1, 0.15) is 0 Å². The summed E-state index contributed by atoms with van der Waals surface area (Å²) in [6, 6.07) is 0.709. The van der Waals surface area contributed by atoms with Crippen LogP contribution >= 0.6 is 0 Å². The van der Waals surface area contributed by atoms with Gasteiger partial charge in [0.2, 0.25) is 0 Å². The number of nitrogens with zero attached hydrogens (tertiary/aromatic N) is 2. The Morgan fingerprint density at radius 1 is 1.62 bits per heavy atom. The lowest BCUT2D eigenvalue weighted by molar-refractivity contribution is 0.430. The highest BCUT2D eigenvalue weighted by Crippen LogP contribution is 2.41. The summed E-state index contributed by atoms with van der Waals surface area (Å²) < 4.78 is 1.89. The van der Waals surface area contributed by atoms with E-state index in [9.17, 15) is 0 Å². The summed E-state index contributed by atoms with van der Waals surface area (Å²) in [5.41, 5.74) is 1.36. The fourth-order valence-electron chi connectivity index (χ4n) is 2.56. The zero-order valence-corrected chi connectivity index (χ0v) is 10.6. The van der Waals surface area contributed by atoms with Crippen molar-refractivity contribution < 1.29 is 0 Å². The van der Waals surface area contributed by atoms with Crippen molar-refractivity contribution in [1.29, 1.82) is 0 Å². The first-order chi connectivity index (χ1) is 7.70. The van der Waals surface area contributed by atoms with E-state index in [2.05, 4.69) is 30.5 Å². The topological polar surface area (TPSA) is 29.9 Å². The first-order valence-electron chi connectivity index (χ1n) is 6.41. The van der Waals surface area contributed by atoms with Crippen molar-refractivity contribution in [3.8, 4) is 0 Å². The Hall–Kier alpha value is -0.830. The van der Waals surface area contributed by atoms with E-state index in [1.54, 1.807) is 0 Å². The highest BCUT2D eigenvalue weighted by atomic mass is 15.2. The Morgan fingerprint density at radius 3 is 2.88 bits per heavy atom. The Bertz CT molecular complexity index is 332. The van der Waals surface area contributed by atoms with E-state index in [0.717, 1.165) is 24.8 Å². The van der Waals surface area contributed by atoms with Gasteiger partial charge in [-0.3, -0.25) is 4.68 Å². The molecule has 1 saturated carbocycles. The van der Waals surface area contributed by atoms with Gasteiger partial charge in [-0.2, -0.15) is 5.10 Å². The van der Waals surface area contributed by atoms with Crippen LogP contribution in [0.5, 0.6) is 0 Å². The van der Waals surface area contributed by atoms with Gasteiger partial charge < -0.3 is 5.32 Å². The molecule has 1 aliphatic rings. The van der Waals surface area contributed by atoms with Gasteiger partial charge in [0.25, 0.3) is 0 Å². The third kappa shape index (κ3) is 2.85. The zero-order chi connectivity index (χ0) is 11.5. The summed E-state index contributed by atoms with van der Waals surface area (Å²) in [6.45, 7) is 5.64. The molecule has 3 heteroatoms. The van der Waals surface area contributed by atoms with Gasteiger partial charge in [0.15, 0.2) is 0 Å². The Balaban J connectivity index is 1.82. The predicted molar refractivity (Wildman–Crippen MR) is 66.3 cm³/mol. The second kappa shape index (κ2) is 5.00. The fourth-order valence-corrected chi connectivity index (χ4v) is 2.56. The van der Waals surface area contributed by atoms with E-state index in [1.807, 2.05) is 17.9 Å². The molecule has 1 aliphatic carbocycles. The van der Waals surface area contributed by atoms with Gasteiger partial charge in [-0.25, -0.2) is 0 Å². The summed E-state index contributed by atoms with van der Waals surface area (Å²) in [6.07, 6.45) is 7.91. The minimum Gasteiger partial charge on any atom is -0.314 e. The molecular weight excluding hydrogens is 198 g/mol. The van der Waals surface area contributed by atoms with E-state index >= 15 is 0 Å². The summed E-state index contributed by atoms with van der Waals surface area (Å²) in [5, 5.41) is 7.84. The van der Waals surface area contributed by atoms with Crippen LogP contribution in [0, 0.1) is 11.8 Å². The van der Waals surface area contributed by atoms with E-state index in [0.29, 0.717) is 6.04 Å². The SMILES string of the molecule is CCNC(CCc1cnn(C)c1)C1CC1C. The van der Waals surface area contributed by atoms with Crippen molar-refractivity contribution in [2.75, 3.05) is 6.54 Å². The Kier molecular flexibility index (Phi) is 3.64. The Labute approximate surface area is 98.2 Å². The molecule has 0 bridgehead atoms. The average Bonchev–Trinajstić information content (AvgIpc) is 2.82. The molecular formula is C13H23N3. The molecule has 3 atom stereocenters. The minimum absolute atomic E-state index is 0.709. The Morgan fingerprint density at radius 2 is 2.38 bits per heavy atom. The van der Waals surface area contributed by atoms with Crippen molar-refractivity contribution in [2.45, 2.75) is 39.2 Å². The van der Waals surface area contributed by atoms with E-state index in [1.165, 1.54) is 18.4 Å². The number of nitrogens with one attached hydrogen (secondary N) is 1. The number of aryl methyl sites for hydroxylation is 2. The fraction of sp³-hybridized carbons (Fsp3) is 0.769. The molecule has 0 aliphatic heterocycles. The van der Waals surface area contributed by atoms with Crippen LogP contribution in [0.15, 0.2) is 12.4 Å². The quantitative estimate of drug-likeness (QED) is 0.796. The van der Waals surface area contributed by atoms with Crippen LogP contribution < -0.4 is 5.32 Å². The molecule has 3 unspecified atom stereocenters. The molecule has 0 spiro atoms. The highest BCUT2D eigenvalue weighted by Gasteiger charge is 2.38. The van der Waals surface area contributed by atoms with E-state index in [4.69, 9.17) is 0 Å². The number of hydrogen-bond donors (Lipinski definition) is 1. The predicted octanol–water partition coefficient (Wildman–Crippen LogP) is 1.99. The summed E-state index contributed by atoms with van der Waals surface area (Å²) in [4.78, 5) is 0. The molecule has 3 nitrogen and oxygen atoms in total. The minimum atomic E-state index is 0.709. The molecule has 16 heavy (non-hydrogen) atoms. The third-order valence-corrected chi connectivity index (χ3v) is 3.66. The molecule has 90 valence electrons. The van der Waals surface area contributed by atoms with Gasteiger partial charge in [-0.1, -0.05) is 13.8 Å². The molecule has 1 fully saturated rings. The van der Waals surface area contributed by atoms with Gasteiger partial charge in [0, 0.05) is 19.3 Å². The van der Waals surface area contributed by atoms with Crippen molar-refractivity contribution in [1.82, 2.24) is 15.1 Å². The zero-order valence-electron chi connectivity index (χ0n) is 10.6. The molecule has 0 aromatic carbocycles. The summed E-state index contributed by atoms with van der Waals surface area (Å²) in [5.74, 6) is 1.84. The normalized spacial score (nSPS) is 25.7. The molecule has 0 amide bonds. The van der Waals surface area contributed by atoms with Crippen LogP contribution in [-0.2, 0) is 13.5 Å². The largest absolute Gasteiger partial charge is 0.314 e. The average molecular weight is 221 g/mol. The molecule has 1 heterocycles. The first-order valence-corrected chi connectivity index (χ1v) is 6.41. The second-order valence-electron chi connectivity index (χ2n) is 5.10. The van der Waals surface area contributed by atoms with Crippen LogP contribution in [0.1, 0.15) is 32.3 Å². The number of aromatic nitrogens is 2. The van der Waals surface area contributed by atoms with Crippen LogP contribution in [0.4, 0.5) is 0 Å². The van der Waals surface area contributed by atoms with Gasteiger partial charge >= 0.3 is 0 Å². The number of rotatable bonds is 6. The standard InChI is InChI=1S/C13H23N3/c1-4-14-13(12-7-10(12)2)6-5-11-8-15-16(3)9-11/h8-10,12-14H,4-7H2,1-3H3. The van der Waals surface area contributed by atoms with Crippen LogP contribution in [0.2, 0.25) is 0 Å². The van der Waals surface area contributed by atoms with Crippen LogP contribution in [0.3, 0.4) is 0 Å². The first kappa shape index (κ1) is 11.6. The molecule has 0 saturated heterocycles. The molecule has 2 rings (SSSR count). The molecule has 1 aromatic rings. The third-order valence-electron chi connectivity index (χ3n) is 3.66. The van der Waals surface area contributed by atoms with E-state index < -0.39 is 0 Å². The highest BCUT2D eigenvalue weighted by molar-refractivity contribution is 5.05. The lowest BCUT2D eigenvalue weighted by Crippen LogP contribution is -2.31. The van der Waals surface area contributed by atoms with Gasteiger partial charge in [0.05, 0.1) is 6.20 Å². The van der Waals surface area contributed by atoms with E-state index in [-0.39, 0.29) is 0 Å². The van der Waals surface area contributed by atoms with Crippen molar-refractivity contribution in [3.05, 3.63) is 18.0 Å². The maximum Gasteiger partial charge on any atom is 0.0521 e.